The summed E-state index contributed by atoms with van der Waals surface area (Å²) in [7, 11) is 3.32. The standard InChI is InChI=1S/C15H16N4O4S/c1-18-13-11(14(20)19(2)15(18)21)16-12(17-13)9-6-5-8(24(4)22)7-10(9)23-3/h5-7H,1-4H3,(H,16,17). The zero-order chi connectivity index (χ0) is 17.6. The number of hydrogen-bond donors (Lipinski definition) is 1. The van der Waals surface area contributed by atoms with Crippen molar-refractivity contribution in [2.75, 3.05) is 13.4 Å². The first-order valence-electron chi connectivity index (χ1n) is 7.02. The van der Waals surface area contributed by atoms with E-state index in [-0.39, 0.29) is 11.2 Å². The molecule has 0 fully saturated rings. The van der Waals surface area contributed by atoms with Gasteiger partial charge in [-0.2, -0.15) is 0 Å². The van der Waals surface area contributed by atoms with E-state index in [4.69, 9.17) is 4.74 Å². The van der Waals surface area contributed by atoms with Gasteiger partial charge in [-0.1, -0.05) is 0 Å². The molecule has 1 aromatic carbocycles. The van der Waals surface area contributed by atoms with Crippen molar-refractivity contribution >= 4 is 22.0 Å². The number of benzene rings is 1. The summed E-state index contributed by atoms with van der Waals surface area (Å²) < 4.78 is 19.3. The van der Waals surface area contributed by atoms with Crippen LogP contribution in [0, 0.1) is 0 Å². The molecule has 0 aliphatic rings. The second kappa shape index (κ2) is 5.75. The van der Waals surface area contributed by atoms with E-state index in [1.165, 1.54) is 18.7 Å². The Morgan fingerprint density at radius 3 is 2.54 bits per heavy atom. The number of imidazole rings is 1. The van der Waals surface area contributed by atoms with Gasteiger partial charge in [0.15, 0.2) is 5.65 Å². The van der Waals surface area contributed by atoms with E-state index in [9.17, 15) is 13.8 Å². The Bertz CT molecular complexity index is 1090. The van der Waals surface area contributed by atoms with E-state index in [1.54, 1.807) is 31.5 Å². The van der Waals surface area contributed by atoms with Crippen LogP contribution in [0.2, 0.25) is 0 Å². The Hall–Kier alpha value is -2.68. The summed E-state index contributed by atoms with van der Waals surface area (Å²) in [6.07, 6.45) is 1.58. The number of aromatic amines is 1. The Balaban J connectivity index is 2.30. The molecule has 0 bridgehead atoms. The van der Waals surface area contributed by atoms with Crippen molar-refractivity contribution in [1.82, 2.24) is 19.1 Å². The van der Waals surface area contributed by atoms with Crippen molar-refractivity contribution in [3.63, 3.8) is 0 Å². The third kappa shape index (κ3) is 2.37. The lowest BCUT2D eigenvalue weighted by atomic mass is 10.2. The van der Waals surface area contributed by atoms with Gasteiger partial charge in [0.25, 0.3) is 5.56 Å². The highest BCUT2D eigenvalue weighted by molar-refractivity contribution is 7.84. The molecule has 126 valence electrons. The van der Waals surface area contributed by atoms with Crippen molar-refractivity contribution in [2.24, 2.45) is 14.1 Å². The van der Waals surface area contributed by atoms with Gasteiger partial charge in [0.1, 0.15) is 17.1 Å². The molecule has 0 aliphatic carbocycles. The summed E-state index contributed by atoms with van der Waals surface area (Å²) in [5.74, 6) is 0.872. The molecule has 3 rings (SSSR count). The molecule has 24 heavy (non-hydrogen) atoms. The Morgan fingerprint density at radius 2 is 1.92 bits per heavy atom. The molecule has 0 spiro atoms. The van der Waals surface area contributed by atoms with Crippen molar-refractivity contribution < 1.29 is 8.95 Å². The first kappa shape index (κ1) is 16.2. The highest BCUT2D eigenvalue weighted by Gasteiger charge is 2.17. The lowest BCUT2D eigenvalue weighted by molar-refractivity contribution is 0.415. The summed E-state index contributed by atoms with van der Waals surface area (Å²) in [6.45, 7) is 0. The molecule has 1 atom stereocenters. The molecule has 9 heteroatoms. The van der Waals surface area contributed by atoms with Crippen LogP contribution in [-0.2, 0) is 24.9 Å². The van der Waals surface area contributed by atoms with Crippen LogP contribution in [0.4, 0.5) is 0 Å². The average Bonchev–Trinajstić information content (AvgIpc) is 3.02. The summed E-state index contributed by atoms with van der Waals surface area (Å²) >= 11 is 0. The lowest BCUT2D eigenvalue weighted by Gasteiger charge is -2.07. The maximum atomic E-state index is 12.3. The number of H-pyrrole nitrogens is 1. The number of fused-ring (bicyclic) bond motifs is 1. The normalized spacial score (nSPS) is 12.5. The third-order valence-electron chi connectivity index (χ3n) is 3.85. The van der Waals surface area contributed by atoms with Crippen LogP contribution >= 0.6 is 0 Å². The number of aromatic nitrogens is 4. The van der Waals surface area contributed by atoms with Crippen molar-refractivity contribution in [2.45, 2.75) is 4.90 Å². The topological polar surface area (TPSA) is 99.0 Å². The number of hydrogen-bond acceptors (Lipinski definition) is 5. The molecular weight excluding hydrogens is 332 g/mol. The van der Waals surface area contributed by atoms with Gasteiger partial charge >= 0.3 is 5.69 Å². The van der Waals surface area contributed by atoms with E-state index in [0.717, 1.165) is 4.57 Å². The SMILES string of the molecule is COc1cc(S(C)=O)ccc1-c1nc2c([nH]1)c(=O)n(C)c(=O)n2C. The summed E-state index contributed by atoms with van der Waals surface area (Å²) in [5.41, 5.74) is 0.215. The number of rotatable bonds is 3. The number of ether oxygens (including phenoxy) is 1. The Morgan fingerprint density at radius 1 is 1.21 bits per heavy atom. The van der Waals surface area contributed by atoms with Gasteiger partial charge in [0.2, 0.25) is 0 Å². The van der Waals surface area contributed by atoms with E-state index < -0.39 is 22.0 Å². The zero-order valence-electron chi connectivity index (χ0n) is 13.6. The first-order chi connectivity index (χ1) is 11.3. The lowest BCUT2D eigenvalue weighted by Crippen LogP contribution is -2.36. The van der Waals surface area contributed by atoms with Crippen molar-refractivity contribution in [1.29, 1.82) is 0 Å². The predicted octanol–water partition coefficient (Wildman–Crippen LogP) is 0.373. The van der Waals surface area contributed by atoms with E-state index >= 15 is 0 Å². The Kier molecular flexibility index (Phi) is 3.88. The van der Waals surface area contributed by atoms with Gasteiger partial charge in [0, 0.05) is 36.0 Å². The molecular formula is C15H16N4O4S. The van der Waals surface area contributed by atoms with E-state index in [1.807, 2.05) is 0 Å². The number of nitrogens with zero attached hydrogens (tertiary/aromatic N) is 3. The fraction of sp³-hybridized carbons (Fsp3) is 0.267. The largest absolute Gasteiger partial charge is 0.496 e. The second-order valence-electron chi connectivity index (χ2n) is 5.31. The Labute approximate surface area is 139 Å². The highest BCUT2D eigenvalue weighted by atomic mass is 32.2. The van der Waals surface area contributed by atoms with E-state index in [2.05, 4.69) is 9.97 Å². The number of aryl methyl sites for hydroxylation is 1. The molecule has 2 heterocycles. The van der Waals surface area contributed by atoms with Gasteiger partial charge in [-0.05, 0) is 18.2 Å². The molecule has 1 N–H and O–H groups in total. The third-order valence-corrected chi connectivity index (χ3v) is 4.77. The zero-order valence-corrected chi connectivity index (χ0v) is 14.4. The maximum Gasteiger partial charge on any atom is 0.332 e. The quantitative estimate of drug-likeness (QED) is 0.737. The van der Waals surface area contributed by atoms with Crippen LogP contribution in [0.25, 0.3) is 22.6 Å². The molecule has 0 saturated heterocycles. The van der Waals surface area contributed by atoms with Crippen molar-refractivity contribution in [3.8, 4) is 17.1 Å². The predicted molar refractivity (Wildman–Crippen MR) is 90.9 cm³/mol. The summed E-state index contributed by atoms with van der Waals surface area (Å²) in [4.78, 5) is 32.2. The van der Waals surface area contributed by atoms with E-state index in [0.29, 0.717) is 22.0 Å². The second-order valence-corrected chi connectivity index (χ2v) is 6.69. The fourth-order valence-electron chi connectivity index (χ4n) is 2.50. The smallest absolute Gasteiger partial charge is 0.332 e. The summed E-state index contributed by atoms with van der Waals surface area (Å²) in [5, 5.41) is 0. The van der Waals surface area contributed by atoms with Crippen LogP contribution in [0.1, 0.15) is 0 Å². The fourth-order valence-corrected chi connectivity index (χ4v) is 3.03. The molecule has 0 saturated carbocycles. The molecule has 0 radical (unpaired) electrons. The van der Waals surface area contributed by atoms with Gasteiger partial charge < -0.3 is 9.72 Å². The molecule has 0 aliphatic heterocycles. The first-order valence-corrected chi connectivity index (χ1v) is 8.58. The van der Waals surface area contributed by atoms with Crippen LogP contribution < -0.4 is 16.0 Å². The average molecular weight is 348 g/mol. The van der Waals surface area contributed by atoms with Crippen LogP contribution in [0.5, 0.6) is 5.75 Å². The molecule has 8 nitrogen and oxygen atoms in total. The molecule has 1 unspecified atom stereocenters. The van der Waals surface area contributed by atoms with Gasteiger partial charge in [-0.15, -0.1) is 0 Å². The molecule has 2 aromatic heterocycles. The summed E-state index contributed by atoms with van der Waals surface area (Å²) in [6, 6.07) is 5.09. The number of nitrogens with one attached hydrogen (secondary N) is 1. The van der Waals surface area contributed by atoms with Crippen molar-refractivity contribution in [3.05, 3.63) is 39.0 Å². The monoisotopic (exact) mass is 348 g/mol. The maximum absolute atomic E-state index is 12.3. The van der Waals surface area contributed by atoms with Gasteiger partial charge in [-0.3, -0.25) is 18.1 Å². The van der Waals surface area contributed by atoms with Gasteiger partial charge in [0.05, 0.1) is 12.7 Å². The molecule has 3 aromatic rings. The minimum absolute atomic E-state index is 0.236. The highest BCUT2D eigenvalue weighted by Crippen LogP contribution is 2.30. The minimum atomic E-state index is -1.14. The van der Waals surface area contributed by atoms with Crippen LogP contribution in [-0.4, -0.2) is 36.7 Å². The molecule has 0 amide bonds. The van der Waals surface area contributed by atoms with Gasteiger partial charge in [-0.25, -0.2) is 9.78 Å². The number of methoxy groups -OCH3 is 1. The van der Waals surface area contributed by atoms with Crippen LogP contribution in [0.3, 0.4) is 0 Å². The minimum Gasteiger partial charge on any atom is -0.496 e. The van der Waals surface area contributed by atoms with Crippen LogP contribution in [0.15, 0.2) is 32.7 Å².